The first-order chi connectivity index (χ1) is 10.4. The van der Waals surface area contributed by atoms with Crippen LogP contribution in [0.1, 0.15) is 15.9 Å². The minimum Gasteiger partial charge on any atom is -0.465 e. The fourth-order valence-electron chi connectivity index (χ4n) is 1.89. The molecule has 0 amide bonds. The average Bonchev–Trinajstić information content (AvgIpc) is 2.50. The van der Waals surface area contributed by atoms with Crippen molar-refractivity contribution in [3.63, 3.8) is 0 Å². The lowest BCUT2D eigenvalue weighted by atomic mass is 10.1. The first-order valence-electron chi connectivity index (χ1n) is 6.81. The Morgan fingerprint density at radius 3 is 2.48 bits per heavy atom. The van der Waals surface area contributed by atoms with Crippen LogP contribution in [0, 0.1) is 6.92 Å². The first-order valence-corrected chi connectivity index (χ1v) is 8.29. The van der Waals surface area contributed by atoms with Crippen molar-refractivity contribution in [3.8, 4) is 0 Å². The van der Waals surface area contributed by atoms with E-state index in [4.69, 9.17) is 4.74 Å². The van der Waals surface area contributed by atoms with Crippen molar-refractivity contribution < 1.29 is 22.7 Å². The molecule has 0 bridgehead atoms. The number of rotatable bonds is 9. The van der Waals surface area contributed by atoms with Gasteiger partial charge in [0, 0.05) is 26.7 Å². The zero-order chi connectivity index (χ0) is 16.6. The van der Waals surface area contributed by atoms with E-state index < -0.39 is 16.0 Å². The van der Waals surface area contributed by atoms with E-state index in [9.17, 15) is 13.2 Å². The van der Waals surface area contributed by atoms with Gasteiger partial charge in [-0.25, -0.2) is 17.9 Å². The number of methoxy groups -OCH3 is 2. The molecule has 0 unspecified atom stereocenters. The standard InChI is InChI=1S/C14H22N2O5S.ClH/c1-11-12(14(17)21-3)5-4-6-13(11)22(18,19)16-8-7-15-9-10-20-2;/h4-6,15-16H,7-10H2,1-3H3;1H. The van der Waals surface area contributed by atoms with Crippen molar-refractivity contribution in [3.05, 3.63) is 29.3 Å². The van der Waals surface area contributed by atoms with Crippen LogP contribution < -0.4 is 10.0 Å². The molecule has 0 heterocycles. The molecule has 0 saturated carbocycles. The number of benzene rings is 1. The maximum absolute atomic E-state index is 12.3. The maximum Gasteiger partial charge on any atom is 0.338 e. The summed E-state index contributed by atoms with van der Waals surface area (Å²) in [5.41, 5.74) is 0.609. The summed E-state index contributed by atoms with van der Waals surface area (Å²) in [7, 11) is -0.821. The van der Waals surface area contributed by atoms with Crippen molar-refractivity contribution in [2.24, 2.45) is 0 Å². The number of carbonyl (C=O) groups is 1. The predicted molar refractivity (Wildman–Crippen MR) is 89.7 cm³/mol. The molecule has 23 heavy (non-hydrogen) atoms. The fraction of sp³-hybridized carbons (Fsp3) is 0.500. The van der Waals surface area contributed by atoms with Gasteiger partial charge >= 0.3 is 5.97 Å². The summed E-state index contributed by atoms with van der Waals surface area (Å²) in [6.07, 6.45) is 0. The molecule has 9 heteroatoms. The molecule has 0 saturated heterocycles. The molecule has 2 N–H and O–H groups in total. The van der Waals surface area contributed by atoms with E-state index in [1.165, 1.54) is 25.3 Å². The minimum absolute atomic E-state index is 0. The third-order valence-electron chi connectivity index (χ3n) is 3.06. The smallest absolute Gasteiger partial charge is 0.338 e. The minimum atomic E-state index is -3.68. The van der Waals surface area contributed by atoms with Gasteiger partial charge in [-0.05, 0) is 24.6 Å². The van der Waals surface area contributed by atoms with Gasteiger partial charge in [-0.3, -0.25) is 0 Å². The van der Waals surface area contributed by atoms with E-state index in [-0.39, 0.29) is 29.4 Å². The first kappa shape index (κ1) is 21.8. The Morgan fingerprint density at radius 1 is 1.17 bits per heavy atom. The van der Waals surface area contributed by atoms with Gasteiger partial charge in [-0.1, -0.05) is 6.07 Å². The highest BCUT2D eigenvalue weighted by atomic mass is 35.5. The quantitative estimate of drug-likeness (QED) is 0.494. The largest absolute Gasteiger partial charge is 0.465 e. The maximum atomic E-state index is 12.3. The van der Waals surface area contributed by atoms with Crippen LogP contribution in [0.2, 0.25) is 0 Å². The van der Waals surface area contributed by atoms with E-state index in [1.807, 2.05) is 0 Å². The zero-order valence-corrected chi connectivity index (χ0v) is 15.1. The topological polar surface area (TPSA) is 93.7 Å². The number of esters is 1. The van der Waals surface area contributed by atoms with Crippen molar-refractivity contribution >= 4 is 28.4 Å². The molecule has 1 rings (SSSR count). The monoisotopic (exact) mass is 366 g/mol. The summed E-state index contributed by atoms with van der Waals surface area (Å²) in [6, 6.07) is 4.51. The van der Waals surface area contributed by atoms with Crippen molar-refractivity contribution in [1.82, 2.24) is 10.0 Å². The average molecular weight is 367 g/mol. The second-order valence-electron chi connectivity index (χ2n) is 4.56. The van der Waals surface area contributed by atoms with Crippen LogP contribution in [-0.2, 0) is 19.5 Å². The summed E-state index contributed by atoms with van der Waals surface area (Å²) in [4.78, 5) is 11.7. The number of halogens is 1. The molecule has 132 valence electrons. The Hall–Kier alpha value is -1.19. The Labute approximate surface area is 143 Å². The molecular weight excluding hydrogens is 344 g/mol. The Morgan fingerprint density at radius 2 is 1.87 bits per heavy atom. The number of sulfonamides is 1. The van der Waals surface area contributed by atoms with Gasteiger partial charge in [-0.15, -0.1) is 12.4 Å². The fourth-order valence-corrected chi connectivity index (χ4v) is 3.18. The van der Waals surface area contributed by atoms with Gasteiger partial charge in [-0.2, -0.15) is 0 Å². The Kier molecular flexibility index (Phi) is 10.0. The van der Waals surface area contributed by atoms with Crippen LogP contribution in [0.5, 0.6) is 0 Å². The highest BCUT2D eigenvalue weighted by Crippen LogP contribution is 2.19. The van der Waals surface area contributed by atoms with Crippen molar-refractivity contribution in [1.29, 1.82) is 0 Å². The van der Waals surface area contributed by atoms with Gasteiger partial charge in [0.15, 0.2) is 0 Å². The lowest BCUT2D eigenvalue weighted by Gasteiger charge is -2.12. The molecular formula is C14H23ClN2O5S. The highest BCUT2D eigenvalue weighted by molar-refractivity contribution is 7.89. The molecule has 0 spiro atoms. The number of hydrogen-bond acceptors (Lipinski definition) is 6. The van der Waals surface area contributed by atoms with Crippen molar-refractivity contribution in [2.45, 2.75) is 11.8 Å². The Balaban J connectivity index is 0.00000484. The normalized spacial score (nSPS) is 10.9. The lowest BCUT2D eigenvalue weighted by molar-refractivity contribution is 0.0599. The van der Waals surface area contributed by atoms with E-state index in [0.29, 0.717) is 25.3 Å². The molecule has 1 aromatic rings. The van der Waals surface area contributed by atoms with Crippen LogP contribution in [0.25, 0.3) is 0 Å². The van der Waals surface area contributed by atoms with E-state index in [0.717, 1.165) is 0 Å². The second-order valence-corrected chi connectivity index (χ2v) is 6.30. The molecule has 7 nitrogen and oxygen atoms in total. The van der Waals surface area contributed by atoms with Gasteiger partial charge < -0.3 is 14.8 Å². The summed E-state index contributed by atoms with van der Waals surface area (Å²) >= 11 is 0. The molecule has 0 aliphatic heterocycles. The lowest BCUT2D eigenvalue weighted by Crippen LogP contribution is -2.33. The molecule has 0 atom stereocenters. The zero-order valence-electron chi connectivity index (χ0n) is 13.4. The van der Waals surface area contributed by atoms with Crippen LogP contribution in [-0.4, -0.2) is 54.8 Å². The van der Waals surface area contributed by atoms with Crippen LogP contribution >= 0.6 is 12.4 Å². The van der Waals surface area contributed by atoms with Crippen LogP contribution in [0.4, 0.5) is 0 Å². The number of ether oxygens (including phenoxy) is 2. The molecule has 0 aromatic heterocycles. The second kappa shape index (κ2) is 10.6. The van der Waals surface area contributed by atoms with E-state index >= 15 is 0 Å². The third-order valence-corrected chi connectivity index (χ3v) is 4.66. The van der Waals surface area contributed by atoms with E-state index in [1.54, 1.807) is 14.0 Å². The summed E-state index contributed by atoms with van der Waals surface area (Å²) < 4.78 is 36.6. The van der Waals surface area contributed by atoms with Crippen LogP contribution in [0.3, 0.4) is 0 Å². The van der Waals surface area contributed by atoms with Gasteiger partial charge in [0.05, 0.1) is 24.2 Å². The Bertz CT molecular complexity index is 607. The van der Waals surface area contributed by atoms with E-state index in [2.05, 4.69) is 14.8 Å². The number of nitrogens with one attached hydrogen (secondary N) is 2. The predicted octanol–water partition coefficient (Wildman–Crippen LogP) is 0.718. The third kappa shape index (κ3) is 6.44. The SMILES string of the molecule is COCCNCCNS(=O)(=O)c1cccc(C(=O)OC)c1C.Cl. The molecule has 0 fully saturated rings. The molecule has 0 radical (unpaired) electrons. The summed E-state index contributed by atoms with van der Waals surface area (Å²) in [6.45, 7) is 3.52. The van der Waals surface area contributed by atoms with Crippen molar-refractivity contribution in [2.75, 3.05) is 40.5 Å². The summed E-state index contributed by atoms with van der Waals surface area (Å²) in [5, 5.41) is 3.04. The number of carbonyl (C=O) groups excluding carboxylic acids is 1. The van der Waals surface area contributed by atoms with Gasteiger partial charge in [0.1, 0.15) is 0 Å². The highest BCUT2D eigenvalue weighted by Gasteiger charge is 2.20. The molecule has 0 aliphatic carbocycles. The van der Waals surface area contributed by atoms with Gasteiger partial charge in [0.25, 0.3) is 0 Å². The number of hydrogen-bond donors (Lipinski definition) is 2. The molecule has 1 aromatic carbocycles. The van der Waals surface area contributed by atoms with Gasteiger partial charge in [0.2, 0.25) is 10.0 Å². The molecule has 0 aliphatic rings. The summed E-state index contributed by atoms with van der Waals surface area (Å²) in [5.74, 6) is -0.559. The van der Waals surface area contributed by atoms with Crippen LogP contribution in [0.15, 0.2) is 23.1 Å².